The van der Waals surface area contributed by atoms with E-state index in [4.69, 9.17) is 11.6 Å². The second-order valence-corrected chi connectivity index (χ2v) is 5.95. The van der Waals surface area contributed by atoms with Crippen LogP contribution in [0.25, 0.3) is 0 Å². The van der Waals surface area contributed by atoms with Gasteiger partial charge in [0.2, 0.25) is 5.91 Å². The van der Waals surface area contributed by atoms with Crippen LogP contribution in [0.5, 0.6) is 0 Å². The number of hydrogen-bond donors (Lipinski definition) is 1. The SMILES string of the molecule is O=C(CSCc1cccc(F)c1)NCc1ccc(Cl)cc1. The van der Waals surface area contributed by atoms with E-state index in [1.54, 1.807) is 18.2 Å². The first-order valence-corrected chi connectivity index (χ1v) is 8.00. The largest absolute Gasteiger partial charge is 0.351 e. The molecule has 0 bridgehead atoms. The Kier molecular flexibility index (Phi) is 6.08. The summed E-state index contributed by atoms with van der Waals surface area (Å²) in [5.41, 5.74) is 1.88. The summed E-state index contributed by atoms with van der Waals surface area (Å²) >= 11 is 7.26. The van der Waals surface area contributed by atoms with Crippen molar-refractivity contribution in [3.05, 3.63) is 70.5 Å². The maximum absolute atomic E-state index is 13.0. The molecule has 0 radical (unpaired) electrons. The molecule has 0 aliphatic carbocycles. The molecule has 0 saturated heterocycles. The molecule has 1 N–H and O–H groups in total. The van der Waals surface area contributed by atoms with Gasteiger partial charge in [-0.3, -0.25) is 4.79 Å². The lowest BCUT2D eigenvalue weighted by atomic mass is 10.2. The van der Waals surface area contributed by atoms with Crippen LogP contribution in [-0.4, -0.2) is 11.7 Å². The van der Waals surface area contributed by atoms with E-state index in [2.05, 4.69) is 5.32 Å². The normalized spacial score (nSPS) is 10.4. The Morgan fingerprint density at radius 3 is 2.62 bits per heavy atom. The molecule has 0 spiro atoms. The highest BCUT2D eigenvalue weighted by Crippen LogP contribution is 2.13. The predicted octanol–water partition coefficient (Wildman–Crippen LogP) is 4.03. The first-order chi connectivity index (χ1) is 10.1. The second-order valence-electron chi connectivity index (χ2n) is 4.53. The van der Waals surface area contributed by atoms with Crippen LogP contribution >= 0.6 is 23.4 Å². The number of nitrogens with one attached hydrogen (secondary N) is 1. The van der Waals surface area contributed by atoms with Gasteiger partial charge in [-0.1, -0.05) is 35.9 Å². The lowest BCUT2D eigenvalue weighted by Crippen LogP contribution is -2.24. The summed E-state index contributed by atoms with van der Waals surface area (Å²) in [4.78, 5) is 11.7. The minimum absolute atomic E-state index is 0.0358. The molecule has 1 amide bonds. The zero-order valence-electron chi connectivity index (χ0n) is 11.3. The molecule has 0 atom stereocenters. The van der Waals surface area contributed by atoms with Crippen molar-refractivity contribution in [2.24, 2.45) is 0 Å². The van der Waals surface area contributed by atoms with Crippen LogP contribution in [0, 0.1) is 5.82 Å². The topological polar surface area (TPSA) is 29.1 Å². The van der Waals surface area contributed by atoms with Gasteiger partial charge in [-0.15, -0.1) is 11.8 Å². The van der Waals surface area contributed by atoms with E-state index in [0.717, 1.165) is 11.1 Å². The average Bonchev–Trinajstić information content (AvgIpc) is 2.47. The van der Waals surface area contributed by atoms with E-state index in [-0.39, 0.29) is 11.7 Å². The molecule has 0 heterocycles. The third kappa shape index (κ3) is 5.78. The van der Waals surface area contributed by atoms with Gasteiger partial charge in [0.25, 0.3) is 0 Å². The fourth-order valence-corrected chi connectivity index (χ4v) is 2.67. The van der Waals surface area contributed by atoms with Crippen LogP contribution in [0.4, 0.5) is 4.39 Å². The van der Waals surface area contributed by atoms with Crippen LogP contribution in [0.1, 0.15) is 11.1 Å². The van der Waals surface area contributed by atoms with Gasteiger partial charge >= 0.3 is 0 Å². The fourth-order valence-electron chi connectivity index (χ4n) is 1.74. The molecule has 2 nitrogen and oxygen atoms in total. The number of carbonyl (C=O) groups is 1. The summed E-state index contributed by atoms with van der Waals surface area (Å²) < 4.78 is 13.0. The first kappa shape index (κ1) is 15.9. The van der Waals surface area contributed by atoms with Crippen LogP contribution < -0.4 is 5.32 Å². The smallest absolute Gasteiger partial charge is 0.230 e. The Hall–Kier alpha value is -1.52. The first-order valence-electron chi connectivity index (χ1n) is 6.47. The minimum atomic E-state index is -0.250. The molecule has 21 heavy (non-hydrogen) atoms. The number of carbonyl (C=O) groups excluding carboxylic acids is 1. The molecule has 0 aliphatic rings. The highest BCUT2D eigenvalue weighted by molar-refractivity contribution is 7.99. The molecule has 110 valence electrons. The number of hydrogen-bond acceptors (Lipinski definition) is 2. The third-order valence-electron chi connectivity index (χ3n) is 2.79. The van der Waals surface area contributed by atoms with Crippen LogP contribution in [0.3, 0.4) is 0 Å². The predicted molar refractivity (Wildman–Crippen MR) is 85.9 cm³/mol. The molecule has 0 saturated carbocycles. The average molecular weight is 324 g/mol. The lowest BCUT2D eigenvalue weighted by Gasteiger charge is -2.06. The highest BCUT2D eigenvalue weighted by atomic mass is 35.5. The number of thioether (sulfide) groups is 1. The van der Waals surface area contributed by atoms with E-state index in [9.17, 15) is 9.18 Å². The maximum Gasteiger partial charge on any atom is 0.230 e. The number of rotatable bonds is 6. The molecule has 2 aromatic rings. The summed E-state index contributed by atoms with van der Waals surface area (Å²) in [7, 11) is 0. The van der Waals surface area contributed by atoms with E-state index in [1.807, 2.05) is 18.2 Å². The maximum atomic E-state index is 13.0. The van der Waals surface area contributed by atoms with Gasteiger partial charge < -0.3 is 5.32 Å². The lowest BCUT2D eigenvalue weighted by molar-refractivity contribution is -0.118. The van der Waals surface area contributed by atoms with E-state index >= 15 is 0 Å². The van der Waals surface area contributed by atoms with E-state index < -0.39 is 0 Å². The Morgan fingerprint density at radius 2 is 1.90 bits per heavy atom. The number of amides is 1. The van der Waals surface area contributed by atoms with Gasteiger partial charge in [-0.2, -0.15) is 0 Å². The van der Waals surface area contributed by atoms with Crippen molar-refractivity contribution in [2.45, 2.75) is 12.3 Å². The van der Waals surface area contributed by atoms with Crippen molar-refractivity contribution in [1.82, 2.24) is 5.32 Å². The highest BCUT2D eigenvalue weighted by Gasteiger charge is 2.03. The molecular weight excluding hydrogens is 309 g/mol. The number of halogens is 2. The Labute approximate surface area is 132 Å². The van der Waals surface area contributed by atoms with Gasteiger partial charge in [0.1, 0.15) is 5.82 Å². The van der Waals surface area contributed by atoms with Crippen molar-refractivity contribution in [1.29, 1.82) is 0 Å². The molecule has 0 aromatic heterocycles. The fraction of sp³-hybridized carbons (Fsp3) is 0.188. The van der Waals surface area contributed by atoms with Gasteiger partial charge in [-0.25, -0.2) is 4.39 Å². The van der Waals surface area contributed by atoms with E-state index in [1.165, 1.54) is 23.9 Å². The van der Waals surface area contributed by atoms with Crippen LogP contribution in [0.2, 0.25) is 5.02 Å². The molecule has 5 heteroatoms. The number of benzene rings is 2. The Bertz CT molecular complexity index is 603. The van der Waals surface area contributed by atoms with Crippen LogP contribution in [-0.2, 0) is 17.1 Å². The van der Waals surface area contributed by atoms with Gasteiger partial charge in [0, 0.05) is 17.3 Å². The summed E-state index contributed by atoms with van der Waals surface area (Å²) in [6, 6.07) is 13.8. The van der Waals surface area contributed by atoms with Crippen molar-refractivity contribution < 1.29 is 9.18 Å². The summed E-state index contributed by atoms with van der Waals surface area (Å²) in [5, 5.41) is 3.52. The van der Waals surface area contributed by atoms with Gasteiger partial charge in [0.15, 0.2) is 0 Å². The zero-order chi connectivity index (χ0) is 15.1. The van der Waals surface area contributed by atoms with Crippen LogP contribution in [0.15, 0.2) is 48.5 Å². The third-order valence-corrected chi connectivity index (χ3v) is 4.05. The quantitative estimate of drug-likeness (QED) is 0.869. The molecule has 2 rings (SSSR count). The second kappa shape index (κ2) is 8.05. The minimum Gasteiger partial charge on any atom is -0.351 e. The van der Waals surface area contributed by atoms with Gasteiger partial charge in [0.05, 0.1) is 5.75 Å². The zero-order valence-corrected chi connectivity index (χ0v) is 12.9. The molecule has 0 unspecified atom stereocenters. The standard InChI is InChI=1S/C16H15ClFNOS/c17-14-6-4-12(5-7-14)9-19-16(20)11-21-10-13-2-1-3-15(18)8-13/h1-8H,9-11H2,(H,19,20). The Balaban J connectivity index is 1.69. The summed E-state index contributed by atoms with van der Waals surface area (Å²) in [6.45, 7) is 0.483. The van der Waals surface area contributed by atoms with Gasteiger partial charge in [-0.05, 0) is 35.4 Å². The van der Waals surface area contributed by atoms with Crippen molar-refractivity contribution >= 4 is 29.3 Å². The molecule has 0 fully saturated rings. The Morgan fingerprint density at radius 1 is 1.14 bits per heavy atom. The monoisotopic (exact) mass is 323 g/mol. The van der Waals surface area contributed by atoms with Crippen molar-refractivity contribution in [3.63, 3.8) is 0 Å². The van der Waals surface area contributed by atoms with Crippen molar-refractivity contribution in [3.8, 4) is 0 Å². The molecule has 2 aromatic carbocycles. The molecule has 0 aliphatic heterocycles. The van der Waals surface area contributed by atoms with E-state index in [0.29, 0.717) is 23.1 Å². The summed E-state index contributed by atoms with van der Waals surface area (Å²) in [5.74, 6) is 0.683. The molecular formula is C16H15ClFNOS. The van der Waals surface area contributed by atoms with Crippen molar-refractivity contribution in [2.75, 3.05) is 5.75 Å². The summed E-state index contributed by atoms with van der Waals surface area (Å²) in [6.07, 6.45) is 0.